The number of nitrogens with zero attached hydrogens (tertiary/aromatic N) is 4. The molecule has 1 saturated heterocycles. The highest BCUT2D eigenvalue weighted by Crippen LogP contribution is 2.47. The third kappa shape index (κ3) is 4.69. The fraction of sp³-hybridized carbons (Fsp3) is 0.478. The normalized spacial score (nSPS) is 18.2. The van der Waals surface area contributed by atoms with Crippen LogP contribution in [-0.4, -0.2) is 47.7 Å². The number of nitrogen functional groups attached to an aromatic ring is 1. The van der Waals surface area contributed by atoms with Crippen molar-refractivity contribution in [2.75, 3.05) is 43.5 Å². The number of halogens is 1. The highest BCUT2D eigenvalue weighted by atomic mass is 19.1. The molecular weight excluding hydrogens is 365 g/mol. The van der Waals surface area contributed by atoms with Gasteiger partial charge < -0.3 is 15.5 Å². The summed E-state index contributed by atoms with van der Waals surface area (Å²) in [6.07, 6.45) is 6.04. The number of piperazine rings is 1. The molecular formula is C23H30FN5. The van der Waals surface area contributed by atoms with E-state index in [1.165, 1.54) is 18.4 Å². The number of benzene rings is 1. The van der Waals surface area contributed by atoms with Crippen LogP contribution in [-0.2, 0) is 12.8 Å². The molecule has 0 amide bonds. The van der Waals surface area contributed by atoms with E-state index >= 15 is 0 Å². The first-order valence-electron chi connectivity index (χ1n) is 10.4. The molecule has 1 aliphatic heterocycles. The van der Waals surface area contributed by atoms with Crippen LogP contribution in [0.5, 0.6) is 0 Å². The van der Waals surface area contributed by atoms with Gasteiger partial charge in [0.25, 0.3) is 0 Å². The lowest BCUT2D eigenvalue weighted by Crippen LogP contribution is -2.45. The zero-order valence-corrected chi connectivity index (χ0v) is 17.2. The zero-order valence-electron chi connectivity index (χ0n) is 17.2. The first-order valence-corrected chi connectivity index (χ1v) is 10.4. The summed E-state index contributed by atoms with van der Waals surface area (Å²) >= 11 is 0. The lowest BCUT2D eigenvalue weighted by molar-refractivity contribution is 0.286. The summed E-state index contributed by atoms with van der Waals surface area (Å²) in [6, 6.07) is 8.44. The minimum Gasteiger partial charge on any atom is -0.398 e. The predicted molar refractivity (Wildman–Crippen MR) is 116 cm³/mol. The van der Waals surface area contributed by atoms with Crippen molar-refractivity contribution in [2.24, 2.45) is 5.41 Å². The molecule has 0 spiro atoms. The van der Waals surface area contributed by atoms with Gasteiger partial charge in [-0.15, -0.1) is 0 Å². The minimum absolute atomic E-state index is 0.351. The third-order valence-electron chi connectivity index (χ3n) is 6.16. The maximum absolute atomic E-state index is 12.7. The van der Waals surface area contributed by atoms with Crippen LogP contribution in [0.1, 0.15) is 36.6 Å². The first kappa shape index (κ1) is 19.7. The van der Waals surface area contributed by atoms with E-state index in [9.17, 15) is 4.39 Å². The molecule has 0 radical (unpaired) electrons. The Hall–Kier alpha value is -2.63. The number of hydrogen-bond acceptors (Lipinski definition) is 5. The third-order valence-corrected chi connectivity index (χ3v) is 6.16. The fourth-order valence-corrected chi connectivity index (χ4v) is 4.02. The van der Waals surface area contributed by atoms with Gasteiger partial charge in [0, 0.05) is 43.5 Å². The fourth-order valence-electron chi connectivity index (χ4n) is 4.02. The molecule has 1 saturated carbocycles. The van der Waals surface area contributed by atoms with Crippen molar-refractivity contribution < 1.29 is 4.39 Å². The van der Waals surface area contributed by atoms with Gasteiger partial charge in [-0.1, -0.05) is 25.6 Å². The molecule has 6 heteroatoms. The summed E-state index contributed by atoms with van der Waals surface area (Å²) in [4.78, 5) is 13.1. The zero-order chi connectivity index (χ0) is 20.4. The van der Waals surface area contributed by atoms with Crippen molar-refractivity contribution in [1.82, 2.24) is 14.9 Å². The molecule has 1 aromatic heterocycles. The number of aromatic nitrogens is 2. The lowest BCUT2D eigenvalue weighted by Gasteiger charge is -2.37. The van der Waals surface area contributed by atoms with Crippen LogP contribution in [0.25, 0.3) is 0 Å². The maximum atomic E-state index is 12.7. The Morgan fingerprint density at radius 3 is 2.76 bits per heavy atom. The number of rotatable bonds is 7. The van der Waals surface area contributed by atoms with E-state index in [4.69, 9.17) is 5.73 Å². The summed E-state index contributed by atoms with van der Waals surface area (Å²) in [5.74, 6) is 0.885. The van der Waals surface area contributed by atoms with E-state index in [0.717, 1.165) is 48.0 Å². The quantitative estimate of drug-likeness (QED) is 0.726. The monoisotopic (exact) mass is 395 g/mol. The van der Waals surface area contributed by atoms with E-state index < -0.39 is 0 Å². The summed E-state index contributed by atoms with van der Waals surface area (Å²) in [6.45, 7) is 8.72. The smallest absolute Gasteiger partial charge is 0.132 e. The molecule has 0 bridgehead atoms. The Bertz CT molecular complexity index is 893. The summed E-state index contributed by atoms with van der Waals surface area (Å²) < 4.78 is 12.7. The number of nitrogens with two attached hydrogens (primary N) is 1. The van der Waals surface area contributed by atoms with Crippen LogP contribution in [0.2, 0.25) is 0 Å². The second kappa shape index (κ2) is 8.01. The van der Waals surface area contributed by atoms with Gasteiger partial charge in [-0.2, -0.15) is 0 Å². The van der Waals surface area contributed by atoms with Crippen LogP contribution in [0.15, 0.2) is 42.9 Å². The van der Waals surface area contributed by atoms with Crippen LogP contribution in [0.3, 0.4) is 0 Å². The molecule has 2 N–H and O–H groups in total. The SMILES string of the molecule is C=C1CN(c2cc(Cc3cc(CC4(C)CC4)ccc3N)ncn2)CCN1CCF. The van der Waals surface area contributed by atoms with E-state index in [0.29, 0.717) is 24.9 Å². The minimum atomic E-state index is -0.351. The molecule has 0 atom stereocenters. The lowest BCUT2D eigenvalue weighted by atomic mass is 9.95. The van der Waals surface area contributed by atoms with Crippen molar-refractivity contribution in [2.45, 2.75) is 32.6 Å². The topological polar surface area (TPSA) is 58.3 Å². The molecule has 1 aromatic carbocycles. The van der Waals surface area contributed by atoms with Crippen molar-refractivity contribution in [3.8, 4) is 0 Å². The Morgan fingerprint density at radius 2 is 2.03 bits per heavy atom. The molecule has 2 aromatic rings. The molecule has 2 aliphatic rings. The van der Waals surface area contributed by atoms with E-state index in [2.05, 4.69) is 40.5 Å². The largest absolute Gasteiger partial charge is 0.398 e. The van der Waals surface area contributed by atoms with Gasteiger partial charge in [0.15, 0.2) is 0 Å². The van der Waals surface area contributed by atoms with Gasteiger partial charge in [-0.05, 0) is 41.9 Å². The van der Waals surface area contributed by atoms with Gasteiger partial charge in [0.2, 0.25) is 0 Å². The molecule has 29 heavy (non-hydrogen) atoms. The van der Waals surface area contributed by atoms with Crippen LogP contribution < -0.4 is 10.6 Å². The number of hydrogen-bond donors (Lipinski definition) is 1. The van der Waals surface area contributed by atoms with Gasteiger partial charge in [0.1, 0.15) is 18.8 Å². The van der Waals surface area contributed by atoms with E-state index in [1.54, 1.807) is 6.33 Å². The molecule has 154 valence electrons. The molecule has 0 unspecified atom stereocenters. The number of anilines is 2. The second-order valence-corrected chi connectivity index (χ2v) is 8.73. The summed E-state index contributed by atoms with van der Waals surface area (Å²) in [5, 5.41) is 0. The van der Waals surface area contributed by atoms with Crippen molar-refractivity contribution in [3.63, 3.8) is 0 Å². The first-order chi connectivity index (χ1) is 14.0. The van der Waals surface area contributed by atoms with Gasteiger partial charge in [0.05, 0.1) is 12.2 Å². The number of alkyl halides is 1. The molecule has 5 nitrogen and oxygen atoms in total. The van der Waals surface area contributed by atoms with Crippen molar-refractivity contribution in [3.05, 3.63) is 59.7 Å². The molecule has 2 heterocycles. The molecule has 1 aliphatic carbocycles. The van der Waals surface area contributed by atoms with E-state index in [1.807, 2.05) is 17.0 Å². The van der Waals surface area contributed by atoms with Crippen molar-refractivity contribution in [1.29, 1.82) is 0 Å². The van der Waals surface area contributed by atoms with Crippen LogP contribution >= 0.6 is 0 Å². The Morgan fingerprint density at radius 1 is 1.21 bits per heavy atom. The van der Waals surface area contributed by atoms with E-state index in [-0.39, 0.29) is 6.67 Å². The Labute approximate surface area is 172 Å². The average molecular weight is 396 g/mol. The maximum Gasteiger partial charge on any atom is 0.132 e. The Kier molecular flexibility index (Phi) is 5.43. The molecule has 4 rings (SSSR count). The summed E-state index contributed by atoms with van der Waals surface area (Å²) in [5.41, 5.74) is 11.9. The average Bonchev–Trinajstić information content (AvgIpc) is 3.43. The van der Waals surface area contributed by atoms with Gasteiger partial charge in [-0.3, -0.25) is 0 Å². The summed E-state index contributed by atoms with van der Waals surface area (Å²) in [7, 11) is 0. The van der Waals surface area contributed by atoms with Gasteiger partial charge >= 0.3 is 0 Å². The highest BCUT2D eigenvalue weighted by Gasteiger charge is 2.37. The second-order valence-electron chi connectivity index (χ2n) is 8.73. The van der Waals surface area contributed by atoms with Crippen LogP contribution in [0, 0.1) is 5.41 Å². The standard InChI is InChI=1S/C23H30FN5/c1-17-15-29(10-9-28(17)8-7-24)22-13-20(26-16-27-22)12-19-11-18(3-4-21(19)25)14-23(2)5-6-23/h3-4,11,13,16H,1,5-10,12,14-15,25H2,2H3. The van der Waals surface area contributed by atoms with Crippen LogP contribution in [0.4, 0.5) is 15.9 Å². The highest BCUT2D eigenvalue weighted by molar-refractivity contribution is 5.51. The predicted octanol–water partition coefficient (Wildman–Crippen LogP) is 3.60. The van der Waals surface area contributed by atoms with Crippen molar-refractivity contribution >= 4 is 11.5 Å². The Balaban J connectivity index is 1.47. The van der Waals surface area contributed by atoms with Gasteiger partial charge in [-0.25, -0.2) is 14.4 Å². The molecule has 2 fully saturated rings.